The maximum atomic E-state index is 11.8. The molecule has 0 aromatic carbocycles. The number of H-pyrrole nitrogens is 1. The van der Waals surface area contributed by atoms with Gasteiger partial charge in [-0.2, -0.15) is 5.10 Å². The van der Waals surface area contributed by atoms with Crippen LogP contribution in [0.3, 0.4) is 0 Å². The molecule has 0 aliphatic rings. The predicted molar refractivity (Wildman–Crippen MR) is 79.1 cm³/mol. The van der Waals surface area contributed by atoms with Gasteiger partial charge >= 0.3 is 5.69 Å². The van der Waals surface area contributed by atoms with Crippen LogP contribution in [0.25, 0.3) is 0 Å². The molecular formula is C12H20N6OS. The Bertz CT molecular complexity index is 666. The number of nitrogen functional groups attached to an aromatic ring is 1. The summed E-state index contributed by atoms with van der Waals surface area (Å²) in [6, 6.07) is 0.216. The highest BCUT2D eigenvalue weighted by atomic mass is 32.2. The summed E-state index contributed by atoms with van der Waals surface area (Å²) < 4.78 is 3.47. The van der Waals surface area contributed by atoms with Crippen molar-refractivity contribution in [2.75, 3.05) is 5.73 Å². The first-order chi connectivity index (χ1) is 9.32. The van der Waals surface area contributed by atoms with Crippen LogP contribution in [0, 0.1) is 6.92 Å². The minimum Gasteiger partial charge on any atom is -0.395 e. The minimum atomic E-state index is -0.214. The maximum absolute atomic E-state index is 11.8. The monoisotopic (exact) mass is 296 g/mol. The average Bonchev–Trinajstić information content (AvgIpc) is 2.85. The molecule has 2 aromatic heterocycles. The third-order valence-corrected chi connectivity index (χ3v) is 4.02. The van der Waals surface area contributed by atoms with E-state index in [9.17, 15) is 4.79 Å². The molecule has 0 atom stereocenters. The molecule has 110 valence electrons. The Labute approximate surface area is 121 Å². The maximum Gasteiger partial charge on any atom is 0.344 e. The number of anilines is 1. The Morgan fingerprint density at radius 1 is 1.25 bits per heavy atom. The third-order valence-electron chi connectivity index (χ3n) is 2.95. The molecule has 2 rings (SSSR count). The summed E-state index contributed by atoms with van der Waals surface area (Å²) in [5.41, 5.74) is 7.30. The fourth-order valence-electron chi connectivity index (χ4n) is 1.89. The standard InChI is InChI=1S/C12H20N6OS/c1-6(2)17-11(19)14-15-12(17)20-10-9(13)8(5)16-18(10)7(3)4/h6-7H,13H2,1-5H3,(H,14,19). The molecule has 0 amide bonds. The van der Waals surface area contributed by atoms with Gasteiger partial charge in [0.1, 0.15) is 5.03 Å². The third kappa shape index (κ3) is 2.47. The van der Waals surface area contributed by atoms with Gasteiger partial charge in [-0.3, -0.25) is 9.25 Å². The average molecular weight is 296 g/mol. The molecule has 7 nitrogen and oxygen atoms in total. The number of hydrogen-bond acceptors (Lipinski definition) is 5. The first-order valence-corrected chi connectivity index (χ1v) is 7.33. The highest BCUT2D eigenvalue weighted by molar-refractivity contribution is 7.99. The lowest BCUT2D eigenvalue weighted by Gasteiger charge is -2.12. The number of nitrogens with two attached hydrogens (primary N) is 1. The summed E-state index contributed by atoms with van der Waals surface area (Å²) in [5, 5.41) is 12.4. The van der Waals surface area contributed by atoms with Gasteiger partial charge in [-0.05, 0) is 46.4 Å². The molecule has 0 bridgehead atoms. The van der Waals surface area contributed by atoms with E-state index < -0.39 is 0 Å². The van der Waals surface area contributed by atoms with Crippen LogP contribution in [0.4, 0.5) is 5.69 Å². The number of nitrogens with zero attached hydrogens (tertiary/aromatic N) is 4. The van der Waals surface area contributed by atoms with Crippen molar-refractivity contribution in [2.45, 2.75) is 56.9 Å². The van der Waals surface area contributed by atoms with E-state index in [1.165, 1.54) is 11.8 Å². The molecule has 0 fully saturated rings. The van der Waals surface area contributed by atoms with E-state index in [2.05, 4.69) is 15.3 Å². The van der Waals surface area contributed by atoms with Crippen molar-refractivity contribution in [3.05, 3.63) is 16.2 Å². The van der Waals surface area contributed by atoms with Crippen LogP contribution in [0.2, 0.25) is 0 Å². The van der Waals surface area contributed by atoms with Crippen molar-refractivity contribution >= 4 is 17.4 Å². The number of nitrogens with one attached hydrogen (secondary N) is 1. The second-order valence-corrected chi connectivity index (χ2v) is 6.18. The Morgan fingerprint density at radius 3 is 2.45 bits per heavy atom. The number of rotatable bonds is 4. The van der Waals surface area contributed by atoms with Crippen LogP contribution in [0.15, 0.2) is 15.0 Å². The highest BCUT2D eigenvalue weighted by Gasteiger charge is 2.20. The lowest BCUT2D eigenvalue weighted by molar-refractivity contribution is 0.489. The van der Waals surface area contributed by atoms with Gasteiger partial charge < -0.3 is 5.73 Å². The first-order valence-electron chi connectivity index (χ1n) is 6.52. The van der Waals surface area contributed by atoms with Gasteiger partial charge in [0.25, 0.3) is 0 Å². The second-order valence-electron chi connectivity index (χ2n) is 5.22. The molecule has 2 heterocycles. The molecule has 0 unspecified atom stereocenters. The molecule has 0 radical (unpaired) electrons. The van der Waals surface area contributed by atoms with Crippen molar-refractivity contribution < 1.29 is 0 Å². The van der Waals surface area contributed by atoms with E-state index in [0.29, 0.717) is 10.8 Å². The molecule has 0 spiro atoms. The summed E-state index contributed by atoms with van der Waals surface area (Å²) in [6.45, 7) is 9.83. The zero-order chi connectivity index (χ0) is 15.0. The van der Waals surface area contributed by atoms with Gasteiger partial charge in [-0.25, -0.2) is 9.89 Å². The van der Waals surface area contributed by atoms with Crippen LogP contribution in [-0.4, -0.2) is 24.5 Å². The second kappa shape index (κ2) is 5.35. The number of aromatic amines is 1. The summed E-state index contributed by atoms with van der Waals surface area (Å²) in [7, 11) is 0. The van der Waals surface area contributed by atoms with Gasteiger partial charge in [0.2, 0.25) is 0 Å². The fourth-order valence-corrected chi connectivity index (χ4v) is 3.15. The Balaban J connectivity index is 2.48. The van der Waals surface area contributed by atoms with Gasteiger partial charge in [-0.15, -0.1) is 5.10 Å². The van der Waals surface area contributed by atoms with Crippen molar-refractivity contribution in [1.29, 1.82) is 0 Å². The lowest BCUT2D eigenvalue weighted by Crippen LogP contribution is -2.19. The van der Waals surface area contributed by atoms with Crippen LogP contribution in [-0.2, 0) is 0 Å². The van der Waals surface area contributed by atoms with E-state index in [1.807, 2.05) is 39.3 Å². The SMILES string of the molecule is Cc1nn(C(C)C)c(Sc2n[nH]c(=O)n2C(C)C)c1N. The number of aromatic nitrogens is 5. The summed E-state index contributed by atoms with van der Waals surface area (Å²) in [6.07, 6.45) is 0. The van der Waals surface area contributed by atoms with E-state index >= 15 is 0 Å². The van der Waals surface area contributed by atoms with E-state index in [0.717, 1.165) is 10.7 Å². The first kappa shape index (κ1) is 14.7. The molecule has 2 aromatic rings. The topological polar surface area (TPSA) is 94.5 Å². The quantitative estimate of drug-likeness (QED) is 0.899. The number of aryl methyl sites for hydroxylation is 1. The van der Waals surface area contributed by atoms with E-state index in [-0.39, 0.29) is 17.8 Å². The normalized spacial score (nSPS) is 11.8. The van der Waals surface area contributed by atoms with Crippen molar-refractivity contribution in [3.8, 4) is 0 Å². The molecule has 0 aliphatic heterocycles. The van der Waals surface area contributed by atoms with Gasteiger partial charge in [0, 0.05) is 12.1 Å². The van der Waals surface area contributed by atoms with Gasteiger partial charge in [-0.1, -0.05) is 0 Å². The van der Waals surface area contributed by atoms with Crippen LogP contribution < -0.4 is 11.4 Å². The Morgan fingerprint density at radius 2 is 1.90 bits per heavy atom. The van der Waals surface area contributed by atoms with E-state index in [4.69, 9.17) is 5.73 Å². The van der Waals surface area contributed by atoms with Gasteiger partial charge in [0.15, 0.2) is 5.16 Å². The molecule has 0 aliphatic carbocycles. The zero-order valence-corrected chi connectivity index (χ0v) is 13.2. The zero-order valence-electron chi connectivity index (χ0n) is 12.3. The largest absolute Gasteiger partial charge is 0.395 e. The fraction of sp³-hybridized carbons (Fsp3) is 0.583. The van der Waals surface area contributed by atoms with Gasteiger partial charge in [0.05, 0.1) is 11.4 Å². The molecule has 20 heavy (non-hydrogen) atoms. The van der Waals surface area contributed by atoms with Crippen LogP contribution in [0.5, 0.6) is 0 Å². The molecule has 3 N–H and O–H groups in total. The summed E-state index contributed by atoms with van der Waals surface area (Å²) in [4.78, 5) is 11.8. The van der Waals surface area contributed by atoms with Crippen molar-refractivity contribution in [2.24, 2.45) is 0 Å². The summed E-state index contributed by atoms with van der Waals surface area (Å²) in [5.74, 6) is 0. The highest BCUT2D eigenvalue weighted by Crippen LogP contribution is 2.34. The molecular weight excluding hydrogens is 276 g/mol. The summed E-state index contributed by atoms with van der Waals surface area (Å²) >= 11 is 1.36. The molecule has 0 saturated heterocycles. The lowest BCUT2D eigenvalue weighted by atomic mass is 10.4. The Hall–Kier alpha value is -1.70. The smallest absolute Gasteiger partial charge is 0.344 e. The van der Waals surface area contributed by atoms with E-state index in [1.54, 1.807) is 4.57 Å². The van der Waals surface area contributed by atoms with Crippen LogP contribution in [0.1, 0.15) is 45.5 Å². The van der Waals surface area contributed by atoms with Crippen molar-refractivity contribution in [1.82, 2.24) is 24.5 Å². The number of hydrogen-bond donors (Lipinski definition) is 2. The minimum absolute atomic E-state index is 0.0292. The molecule has 8 heteroatoms. The van der Waals surface area contributed by atoms with Crippen LogP contribution >= 0.6 is 11.8 Å². The Kier molecular flexibility index (Phi) is 3.94. The molecule has 0 saturated carbocycles. The predicted octanol–water partition coefficient (Wildman–Crippen LogP) is 1.97. The van der Waals surface area contributed by atoms with Crippen molar-refractivity contribution in [3.63, 3.8) is 0 Å².